The second-order valence-electron chi connectivity index (χ2n) is 7.42. The molecule has 0 saturated heterocycles. The zero-order chi connectivity index (χ0) is 24.5. The fourth-order valence-corrected chi connectivity index (χ4v) is 3.99. The van der Waals surface area contributed by atoms with Crippen LogP contribution in [0.2, 0.25) is 0 Å². The van der Waals surface area contributed by atoms with Crippen molar-refractivity contribution >= 4 is 33.3 Å². The number of rotatable bonds is 4. The van der Waals surface area contributed by atoms with Crippen molar-refractivity contribution in [2.75, 3.05) is 10.6 Å². The number of hydrogen-bond acceptors (Lipinski definition) is 2. The summed E-state index contributed by atoms with van der Waals surface area (Å²) in [4.78, 5) is 12.6. The quantitative estimate of drug-likeness (QED) is 0.270. The number of aromatic nitrogens is 2. The lowest BCUT2D eigenvalue weighted by molar-refractivity contribution is -0.137. The first-order valence-electron chi connectivity index (χ1n) is 9.94. The number of carbonyl (C=O) groups is 1. The molecule has 0 atom stereocenters. The van der Waals surface area contributed by atoms with Crippen LogP contribution in [0.1, 0.15) is 5.56 Å². The van der Waals surface area contributed by atoms with Crippen LogP contribution in [0.3, 0.4) is 0 Å². The molecule has 34 heavy (non-hydrogen) atoms. The summed E-state index contributed by atoms with van der Waals surface area (Å²) in [7, 11) is 1.77. The lowest BCUT2D eigenvalue weighted by Crippen LogP contribution is -2.19. The molecule has 10 heteroatoms. The lowest BCUT2D eigenvalue weighted by Gasteiger charge is -2.13. The number of amides is 2. The number of alkyl halides is 3. The van der Waals surface area contributed by atoms with E-state index in [1.165, 1.54) is 24.3 Å². The molecule has 4 rings (SSSR count). The molecule has 2 N–H and O–H groups in total. The minimum Gasteiger partial charge on any atom is -0.308 e. The van der Waals surface area contributed by atoms with Crippen molar-refractivity contribution in [1.82, 2.24) is 9.78 Å². The van der Waals surface area contributed by atoms with Gasteiger partial charge in [-0.3, -0.25) is 4.68 Å². The third-order valence-electron chi connectivity index (χ3n) is 5.01. The first-order chi connectivity index (χ1) is 16.1. The van der Waals surface area contributed by atoms with Crippen LogP contribution in [0.15, 0.2) is 77.4 Å². The maximum absolute atomic E-state index is 13.4. The fraction of sp³-hybridized carbons (Fsp3) is 0.0833. The number of hydrogen-bond donors (Lipinski definition) is 2. The van der Waals surface area contributed by atoms with Crippen molar-refractivity contribution in [1.29, 1.82) is 0 Å². The van der Waals surface area contributed by atoms with E-state index in [0.717, 1.165) is 39.0 Å². The number of nitrogens with one attached hydrogen (secondary N) is 2. The van der Waals surface area contributed by atoms with E-state index in [1.807, 2.05) is 6.07 Å². The topological polar surface area (TPSA) is 59.0 Å². The molecular formula is C24H17BrF4N4O. The van der Waals surface area contributed by atoms with E-state index in [4.69, 9.17) is 0 Å². The van der Waals surface area contributed by atoms with Gasteiger partial charge in [0.05, 0.1) is 21.9 Å². The Kier molecular flexibility index (Phi) is 6.43. The molecule has 4 aromatic rings. The third kappa shape index (κ3) is 5.28. The minimum atomic E-state index is -4.46. The molecule has 0 saturated carbocycles. The fourth-order valence-electron chi connectivity index (χ4n) is 3.42. The van der Waals surface area contributed by atoms with Crippen molar-refractivity contribution in [3.8, 4) is 22.4 Å². The van der Waals surface area contributed by atoms with Crippen molar-refractivity contribution in [3.63, 3.8) is 0 Å². The van der Waals surface area contributed by atoms with E-state index in [2.05, 4.69) is 31.7 Å². The Morgan fingerprint density at radius 1 is 0.882 bits per heavy atom. The summed E-state index contributed by atoms with van der Waals surface area (Å²) in [5.41, 5.74) is 2.76. The van der Waals surface area contributed by atoms with Gasteiger partial charge in [0.2, 0.25) is 0 Å². The first kappa shape index (κ1) is 23.5. The molecule has 0 aliphatic rings. The van der Waals surface area contributed by atoms with Crippen LogP contribution in [-0.4, -0.2) is 15.8 Å². The molecule has 0 fully saturated rings. The van der Waals surface area contributed by atoms with E-state index in [1.54, 1.807) is 42.2 Å². The highest BCUT2D eigenvalue weighted by molar-refractivity contribution is 9.10. The van der Waals surface area contributed by atoms with Gasteiger partial charge in [-0.25, -0.2) is 9.18 Å². The van der Waals surface area contributed by atoms with Gasteiger partial charge in [0.25, 0.3) is 0 Å². The SMILES string of the molecule is Cn1ncc(Br)c1-c1cc(NC(=O)Nc2ccc(C(F)(F)F)cc2)cc(-c2ccc(F)cc2)c1. The number of aryl methyl sites for hydroxylation is 1. The molecular weight excluding hydrogens is 516 g/mol. The van der Waals surface area contributed by atoms with Gasteiger partial charge < -0.3 is 10.6 Å². The molecule has 2 amide bonds. The number of benzene rings is 3. The van der Waals surface area contributed by atoms with E-state index >= 15 is 0 Å². The van der Waals surface area contributed by atoms with Crippen LogP contribution in [0.25, 0.3) is 22.4 Å². The average molecular weight is 533 g/mol. The Morgan fingerprint density at radius 3 is 2.09 bits per heavy atom. The number of carbonyl (C=O) groups excluding carboxylic acids is 1. The van der Waals surface area contributed by atoms with Gasteiger partial charge in [-0.15, -0.1) is 0 Å². The molecule has 1 heterocycles. The van der Waals surface area contributed by atoms with Gasteiger partial charge in [-0.05, 0) is 81.7 Å². The van der Waals surface area contributed by atoms with Crippen molar-refractivity contribution in [2.24, 2.45) is 7.05 Å². The van der Waals surface area contributed by atoms with Crippen LogP contribution >= 0.6 is 15.9 Å². The summed E-state index contributed by atoms with van der Waals surface area (Å²) in [6.45, 7) is 0. The molecule has 174 valence electrons. The van der Waals surface area contributed by atoms with Gasteiger partial charge in [-0.1, -0.05) is 12.1 Å². The largest absolute Gasteiger partial charge is 0.416 e. The second-order valence-corrected chi connectivity index (χ2v) is 8.28. The van der Waals surface area contributed by atoms with Crippen LogP contribution in [-0.2, 0) is 13.2 Å². The van der Waals surface area contributed by atoms with E-state index < -0.39 is 17.8 Å². The Labute approximate surface area is 200 Å². The maximum atomic E-state index is 13.4. The van der Waals surface area contributed by atoms with Gasteiger partial charge >= 0.3 is 12.2 Å². The summed E-state index contributed by atoms with van der Waals surface area (Å²) >= 11 is 3.47. The normalized spacial score (nSPS) is 11.4. The monoisotopic (exact) mass is 532 g/mol. The van der Waals surface area contributed by atoms with E-state index in [9.17, 15) is 22.4 Å². The van der Waals surface area contributed by atoms with Crippen LogP contribution in [0, 0.1) is 5.82 Å². The Hall–Kier alpha value is -3.66. The smallest absolute Gasteiger partial charge is 0.308 e. The van der Waals surface area contributed by atoms with Gasteiger partial charge in [0.15, 0.2) is 0 Å². The molecule has 5 nitrogen and oxygen atoms in total. The molecule has 3 aromatic carbocycles. The number of halogens is 5. The van der Waals surface area contributed by atoms with E-state index in [-0.39, 0.29) is 11.5 Å². The standard InChI is InChI=1S/C24H17BrF4N4O/c1-33-22(21(25)13-30-33)16-10-15(14-2-6-18(26)7-3-14)11-20(12-16)32-23(34)31-19-8-4-17(5-9-19)24(27,28)29/h2-13H,1H3,(H2,31,32,34). The predicted molar refractivity (Wildman–Crippen MR) is 126 cm³/mol. The summed E-state index contributed by atoms with van der Waals surface area (Å²) in [5, 5.41) is 9.44. The van der Waals surface area contributed by atoms with Crippen LogP contribution in [0.4, 0.5) is 33.7 Å². The molecule has 0 aliphatic heterocycles. The Balaban J connectivity index is 1.64. The summed E-state index contributed by atoms with van der Waals surface area (Å²) in [5.74, 6) is -0.372. The Morgan fingerprint density at radius 2 is 1.50 bits per heavy atom. The van der Waals surface area contributed by atoms with Crippen molar-refractivity contribution in [3.05, 3.63) is 88.8 Å². The van der Waals surface area contributed by atoms with Gasteiger partial charge in [0, 0.05) is 24.0 Å². The molecule has 0 radical (unpaired) electrons. The minimum absolute atomic E-state index is 0.204. The highest BCUT2D eigenvalue weighted by atomic mass is 79.9. The zero-order valence-electron chi connectivity index (χ0n) is 17.6. The van der Waals surface area contributed by atoms with E-state index in [0.29, 0.717) is 5.69 Å². The Bertz CT molecular complexity index is 1310. The second kappa shape index (κ2) is 9.30. The summed E-state index contributed by atoms with van der Waals surface area (Å²) in [6.07, 6.45) is -2.82. The summed E-state index contributed by atoms with van der Waals surface area (Å²) < 4.78 is 54.1. The van der Waals surface area contributed by atoms with Crippen molar-refractivity contribution < 1.29 is 22.4 Å². The number of urea groups is 1. The number of anilines is 2. The third-order valence-corrected chi connectivity index (χ3v) is 5.59. The molecule has 0 aliphatic carbocycles. The van der Waals surface area contributed by atoms with Gasteiger partial charge in [0.1, 0.15) is 5.82 Å². The highest BCUT2D eigenvalue weighted by Crippen LogP contribution is 2.34. The number of nitrogens with zero attached hydrogens (tertiary/aromatic N) is 2. The molecule has 1 aromatic heterocycles. The van der Waals surface area contributed by atoms with Crippen LogP contribution in [0.5, 0.6) is 0 Å². The van der Waals surface area contributed by atoms with Gasteiger partial charge in [-0.2, -0.15) is 18.3 Å². The molecule has 0 spiro atoms. The van der Waals surface area contributed by atoms with Crippen LogP contribution < -0.4 is 10.6 Å². The molecule has 0 unspecified atom stereocenters. The predicted octanol–water partition coefficient (Wildman–Crippen LogP) is 7.32. The summed E-state index contributed by atoms with van der Waals surface area (Å²) in [6, 6.07) is 14.8. The zero-order valence-corrected chi connectivity index (χ0v) is 19.2. The first-order valence-corrected chi connectivity index (χ1v) is 10.7. The molecule has 0 bridgehead atoms. The lowest BCUT2D eigenvalue weighted by atomic mass is 10.0. The highest BCUT2D eigenvalue weighted by Gasteiger charge is 2.30. The van der Waals surface area contributed by atoms with Crippen molar-refractivity contribution in [2.45, 2.75) is 6.18 Å². The average Bonchev–Trinajstić information content (AvgIpc) is 3.11. The maximum Gasteiger partial charge on any atom is 0.416 e.